The van der Waals surface area contributed by atoms with Crippen LogP contribution in [0.15, 0.2) is 48.5 Å². The molecule has 2 nitrogen and oxygen atoms in total. The van der Waals surface area contributed by atoms with Crippen molar-refractivity contribution in [1.82, 2.24) is 4.90 Å². The molecule has 4 rings (SSSR count). The predicted octanol–water partition coefficient (Wildman–Crippen LogP) is 3.98. The molecule has 1 aliphatic carbocycles. The molecule has 0 spiro atoms. The lowest BCUT2D eigenvalue weighted by Crippen LogP contribution is -2.47. The number of benzene rings is 2. The van der Waals surface area contributed by atoms with Crippen LogP contribution < -0.4 is 4.90 Å². The summed E-state index contributed by atoms with van der Waals surface area (Å²) in [6, 6.07) is 18.6. The quantitative estimate of drug-likeness (QED) is 0.846. The van der Waals surface area contributed by atoms with Crippen LogP contribution >= 0.6 is 0 Å². The summed E-state index contributed by atoms with van der Waals surface area (Å²) in [4.78, 5) is 5.27. The molecule has 2 heteroatoms. The molecule has 2 atom stereocenters. The Morgan fingerprint density at radius 2 is 1.61 bits per heavy atom. The van der Waals surface area contributed by atoms with E-state index in [0.29, 0.717) is 0 Å². The lowest BCUT2D eigenvalue weighted by atomic mass is 10.1. The Hall–Kier alpha value is -1.80. The molecule has 2 aliphatic rings. The molecule has 120 valence electrons. The van der Waals surface area contributed by atoms with Gasteiger partial charge in [0.25, 0.3) is 0 Å². The molecule has 1 aliphatic heterocycles. The Balaban J connectivity index is 1.37. The summed E-state index contributed by atoms with van der Waals surface area (Å²) in [6.45, 7) is 9.11. The van der Waals surface area contributed by atoms with Gasteiger partial charge < -0.3 is 4.90 Å². The van der Waals surface area contributed by atoms with Crippen molar-refractivity contribution in [2.24, 2.45) is 0 Å². The van der Waals surface area contributed by atoms with Crippen molar-refractivity contribution in [3.63, 3.8) is 0 Å². The van der Waals surface area contributed by atoms with Gasteiger partial charge in [0.2, 0.25) is 0 Å². The summed E-state index contributed by atoms with van der Waals surface area (Å²) in [5.74, 6) is 0.767. The normalized spacial score (nSPS) is 24.7. The fourth-order valence-electron chi connectivity index (χ4n) is 4.10. The summed E-state index contributed by atoms with van der Waals surface area (Å²) in [6.07, 6.45) is 1.34. The van der Waals surface area contributed by atoms with Crippen LogP contribution in [-0.2, 0) is 0 Å². The van der Waals surface area contributed by atoms with E-state index < -0.39 is 0 Å². The molecule has 2 fully saturated rings. The molecule has 0 amide bonds. The minimum atomic E-state index is 0.767. The van der Waals surface area contributed by atoms with Gasteiger partial charge in [0.1, 0.15) is 0 Å². The fraction of sp³-hybridized carbons (Fsp3) is 0.429. The van der Waals surface area contributed by atoms with Crippen LogP contribution in [0.5, 0.6) is 0 Å². The van der Waals surface area contributed by atoms with E-state index in [4.69, 9.17) is 0 Å². The highest BCUT2D eigenvalue weighted by Crippen LogP contribution is 2.44. The minimum Gasteiger partial charge on any atom is -0.369 e. The molecule has 2 aromatic rings. The fourth-order valence-corrected chi connectivity index (χ4v) is 4.10. The van der Waals surface area contributed by atoms with Crippen LogP contribution in [0.4, 0.5) is 5.69 Å². The lowest BCUT2D eigenvalue weighted by Gasteiger charge is -2.37. The first-order valence-corrected chi connectivity index (χ1v) is 8.83. The van der Waals surface area contributed by atoms with Gasteiger partial charge in [-0.2, -0.15) is 0 Å². The van der Waals surface area contributed by atoms with Crippen LogP contribution in [-0.4, -0.2) is 37.1 Å². The Labute approximate surface area is 139 Å². The Kier molecular flexibility index (Phi) is 3.86. The third-order valence-corrected chi connectivity index (χ3v) is 5.46. The highest BCUT2D eigenvalue weighted by molar-refractivity contribution is 5.54. The topological polar surface area (TPSA) is 6.48 Å². The molecule has 23 heavy (non-hydrogen) atoms. The minimum absolute atomic E-state index is 0.767. The van der Waals surface area contributed by atoms with Gasteiger partial charge in [0, 0.05) is 43.8 Å². The summed E-state index contributed by atoms with van der Waals surface area (Å²) in [7, 11) is 0. The molecule has 0 radical (unpaired) electrons. The van der Waals surface area contributed by atoms with Crippen molar-refractivity contribution in [2.75, 3.05) is 31.1 Å². The Morgan fingerprint density at radius 1 is 0.870 bits per heavy atom. The van der Waals surface area contributed by atoms with E-state index >= 15 is 0 Å². The van der Waals surface area contributed by atoms with E-state index in [1.165, 1.54) is 41.9 Å². The van der Waals surface area contributed by atoms with Crippen LogP contribution in [0.25, 0.3) is 0 Å². The molecule has 1 saturated heterocycles. The van der Waals surface area contributed by atoms with Gasteiger partial charge in [-0.05, 0) is 37.5 Å². The Bertz CT molecular complexity index is 671. The standard InChI is InChI=1S/C21H26N2/c1-16-8-9-20(17(2)14-16)22-10-12-23(13-11-22)21-15-19(21)18-6-4-3-5-7-18/h3-9,14,19,21H,10-13,15H2,1-2H3/t19-,21+/m1/s1. The molecule has 0 N–H and O–H groups in total. The molecule has 0 aromatic heterocycles. The van der Waals surface area contributed by atoms with Gasteiger partial charge in [0.05, 0.1) is 0 Å². The molecule has 2 aromatic carbocycles. The second-order valence-corrected chi connectivity index (χ2v) is 7.13. The number of aryl methyl sites for hydroxylation is 2. The molecule has 1 saturated carbocycles. The number of rotatable bonds is 3. The number of nitrogens with zero attached hydrogens (tertiary/aromatic N) is 2. The molecular formula is C21H26N2. The monoisotopic (exact) mass is 306 g/mol. The maximum atomic E-state index is 2.71. The second kappa shape index (κ2) is 6.01. The second-order valence-electron chi connectivity index (χ2n) is 7.13. The third-order valence-electron chi connectivity index (χ3n) is 5.46. The molecule has 0 unspecified atom stereocenters. The van der Waals surface area contributed by atoms with Crippen LogP contribution in [0.2, 0.25) is 0 Å². The SMILES string of the molecule is Cc1ccc(N2CCN([C@H]3C[C@@H]3c3ccccc3)CC2)c(C)c1. The lowest BCUT2D eigenvalue weighted by molar-refractivity contribution is 0.244. The first-order valence-electron chi connectivity index (χ1n) is 8.83. The Morgan fingerprint density at radius 3 is 2.30 bits per heavy atom. The van der Waals surface area contributed by atoms with Crippen LogP contribution in [0.3, 0.4) is 0 Å². The van der Waals surface area contributed by atoms with Crippen molar-refractivity contribution in [2.45, 2.75) is 32.2 Å². The van der Waals surface area contributed by atoms with Crippen molar-refractivity contribution in [1.29, 1.82) is 0 Å². The van der Waals surface area contributed by atoms with Crippen molar-refractivity contribution in [3.8, 4) is 0 Å². The van der Waals surface area contributed by atoms with Crippen LogP contribution in [0, 0.1) is 13.8 Å². The van der Waals surface area contributed by atoms with Crippen molar-refractivity contribution >= 4 is 5.69 Å². The highest BCUT2D eigenvalue weighted by atomic mass is 15.3. The van der Waals surface area contributed by atoms with Gasteiger partial charge in [-0.15, -0.1) is 0 Å². The van der Waals surface area contributed by atoms with E-state index in [1.807, 2.05) is 0 Å². The third kappa shape index (κ3) is 3.00. The van der Waals surface area contributed by atoms with Crippen molar-refractivity contribution < 1.29 is 0 Å². The van der Waals surface area contributed by atoms with Gasteiger partial charge in [-0.1, -0.05) is 48.0 Å². The van der Waals surface area contributed by atoms with E-state index in [1.54, 1.807) is 0 Å². The maximum absolute atomic E-state index is 2.71. The molecule has 0 bridgehead atoms. The first kappa shape index (κ1) is 14.8. The van der Waals surface area contributed by atoms with Gasteiger partial charge in [0.15, 0.2) is 0 Å². The number of hydrogen-bond donors (Lipinski definition) is 0. The average Bonchev–Trinajstić information content (AvgIpc) is 3.37. The van der Waals surface area contributed by atoms with E-state index in [-0.39, 0.29) is 0 Å². The maximum Gasteiger partial charge on any atom is 0.0396 e. The smallest absolute Gasteiger partial charge is 0.0396 e. The highest BCUT2D eigenvalue weighted by Gasteiger charge is 2.43. The van der Waals surface area contributed by atoms with E-state index in [2.05, 4.69) is 72.2 Å². The summed E-state index contributed by atoms with van der Waals surface area (Å²) in [5, 5.41) is 0. The zero-order chi connectivity index (χ0) is 15.8. The largest absolute Gasteiger partial charge is 0.369 e. The number of hydrogen-bond acceptors (Lipinski definition) is 2. The zero-order valence-electron chi connectivity index (χ0n) is 14.2. The summed E-state index contributed by atoms with van der Waals surface area (Å²) < 4.78 is 0. The van der Waals surface area contributed by atoms with E-state index in [9.17, 15) is 0 Å². The molecule has 1 heterocycles. The first-order chi connectivity index (χ1) is 11.2. The van der Waals surface area contributed by atoms with Gasteiger partial charge >= 0.3 is 0 Å². The number of piperazine rings is 1. The average molecular weight is 306 g/mol. The van der Waals surface area contributed by atoms with Crippen molar-refractivity contribution in [3.05, 3.63) is 65.2 Å². The van der Waals surface area contributed by atoms with Gasteiger partial charge in [-0.3, -0.25) is 4.90 Å². The predicted molar refractivity (Wildman–Crippen MR) is 97.3 cm³/mol. The van der Waals surface area contributed by atoms with Crippen LogP contribution in [0.1, 0.15) is 29.0 Å². The zero-order valence-corrected chi connectivity index (χ0v) is 14.2. The number of anilines is 1. The van der Waals surface area contributed by atoms with Gasteiger partial charge in [-0.25, -0.2) is 0 Å². The van der Waals surface area contributed by atoms with E-state index in [0.717, 1.165) is 25.0 Å². The molecular weight excluding hydrogens is 280 g/mol. The summed E-state index contributed by atoms with van der Waals surface area (Å²) in [5.41, 5.74) is 5.71. The summed E-state index contributed by atoms with van der Waals surface area (Å²) >= 11 is 0.